The maximum Gasteiger partial charge on any atom is 0.315 e. The average Bonchev–Trinajstić information content (AvgIpc) is 3.06. The van der Waals surface area contributed by atoms with E-state index in [4.69, 9.17) is 0 Å². The number of carbonyl (C=O) groups excluding carboxylic acids is 3. The van der Waals surface area contributed by atoms with E-state index in [2.05, 4.69) is 21.0 Å². The van der Waals surface area contributed by atoms with Gasteiger partial charge in [0.1, 0.15) is 5.82 Å². The molecule has 3 N–H and O–H groups in total. The van der Waals surface area contributed by atoms with Gasteiger partial charge < -0.3 is 15.5 Å². The minimum atomic E-state index is -0.722. The van der Waals surface area contributed by atoms with Gasteiger partial charge in [0.2, 0.25) is 5.91 Å². The highest BCUT2D eigenvalue weighted by molar-refractivity contribution is 6.39. The van der Waals surface area contributed by atoms with Crippen molar-refractivity contribution in [3.63, 3.8) is 0 Å². The summed E-state index contributed by atoms with van der Waals surface area (Å²) >= 11 is 0. The van der Waals surface area contributed by atoms with Crippen LogP contribution < -0.4 is 16.0 Å². The van der Waals surface area contributed by atoms with Crippen molar-refractivity contribution >= 4 is 23.5 Å². The van der Waals surface area contributed by atoms with Gasteiger partial charge in [-0.15, -0.1) is 0 Å². The molecule has 3 amide bonds. The molecule has 2 aliphatic heterocycles. The Bertz CT molecular complexity index is 969. The number of carbonyl (C=O) groups is 3. The number of nitrogens with zero attached hydrogens (tertiary/aromatic N) is 3. The van der Waals surface area contributed by atoms with Gasteiger partial charge in [-0.3, -0.25) is 19.7 Å². The zero-order valence-electron chi connectivity index (χ0n) is 16.4. The first-order chi connectivity index (χ1) is 13.9. The molecule has 2 aliphatic rings. The Morgan fingerprint density at radius 3 is 2.76 bits per heavy atom. The zero-order chi connectivity index (χ0) is 20.5. The second-order valence-electron chi connectivity index (χ2n) is 7.56. The lowest BCUT2D eigenvalue weighted by Gasteiger charge is -2.31. The van der Waals surface area contributed by atoms with Crippen LogP contribution in [0.5, 0.6) is 0 Å². The molecule has 0 radical (unpaired) electrons. The van der Waals surface area contributed by atoms with Gasteiger partial charge in [0, 0.05) is 31.6 Å². The monoisotopic (exact) mass is 396 g/mol. The van der Waals surface area contributed by atoms with Crippen molar-refractivity contribution in [1.82, 2.24) is 25.3 Å². The fraction of sp³-hybridized carbons (Fsp3) is 0.400. The lowest BCUT2D eigenvalue weighted by atomic mass is 10.00. The van der Waals surface area contributed by atoms with Crippen LogP contribution in [0.3, 0.4) is 0 Å². The number of benzene rings is 1. The van der Waals surface area contributed by atoms with Gasteiger partial charge in [-0.25, -0.2) is 4.68 Å². The van der Waals surface area contributed by atoms with E-state index < -0.39 is 18.1 Å². The van der Waals surface area contributed by atoms with Crippen LogP contribution in [0.2, 0.25) is 0 Å². The first kappa shape index (κ1) is 19.1. The molecular formula is C20H24N6O3. The Hall–Kier alpha value is -3.20. The van der Waals surface area contributed by atoms with Gasteiger partial charge in [-0.05, 0) is 31.4 Å². The van der Waals surface area contributed by atoms with Crippen LogP contribution in [0.25, 0.3) is 0 Å². The minimum absolute atomic E-state index is 0.0307. The van der Waals surface area contributed by atoms with Crippen LogP contribution >= 0.6 is 0 Å². The lowest BCUT2D eigenvalue weighted by molar-refractivity contribution is -0.143. The number of hydrogen-bond donors (Lipinski definition) is 3. The molecule has 1 aromatic heterocycles. The molecular weight excluding hydrogens is 372 g/mol. The van der Waals surface area contributed by atoms with Gasteiger partial charge >= 0.3 is 11.8 Å². The molecule has 1 saturated heterocycles. The summed E-state index contributed by atoms with van der Waals surface area (Å²) in [5, 5.41) is 13.0. The molecule has 152 valence electrons. The molecule has 3 heterocycles. The van der Waals surface area contributed by atoms with E-state index in [0.717, 1.165) is 12.0 Å². The summed E-state index contributed by atoms with van der Waals surface area (Å²) in [6, 6.07) is 9.57. The first-order valence-corrected chi connectivity index (χ1v) is 9.69. The molecule has 0 bridgehead atoms. The number of fused-ring (bicyclic) bond motifs is 1. The maximum absolute atomic E-state index is 12.7. The second-order valence-corrected chi connectivity index (χ2v) is 7.56. The number of anilines is 1. The number of aromatic nitrogens is 2. The van der Waals surface area contributed by atoms with Crippen molar-refractivity contribution in [1.29, 1.82) is 0 Å². The molecule has 0 spiro atoms. The van der Waals surface area contributed by atoms with E-state index in [0.29, 0.717) is 31.0 Å². The van der Waals surface area contributed by atoms with Crippen LogP contribution in [0, 0.1) is 6.92 Å². The third kappa shape index (κ3) is 4.00. The molecule has 1 aromatic carbocycles. The Balaban J connectivity index is 1.48. The van der Waals surface area contributed by atoms with E-state index in [1.807, 2.05) is 31.2 Å². The van der Waals surface area contributed by atoms with E-state index in [1.54, 1.807) is 17.9 Å². The summed E-state index contributed by atoms with van der Waals surface area (Å²) in [6.45, 7) is 4.60. The maximum atomic E-state index is 12.7. The smallest absolute Gasteiger partial charge is 0.315 e. The predicted octanol–water partition coefficient (Wildman–Crippen LogP) is 0.669. The quantitative estimate of drug-likeness (QED) is 0.647. The van der Waals surface area contributed by atoms with Crippen molar-refractivity contribution in [2.24, 2.45) is 0 Å². The van der Waals surface area contributed by atoms with Crippen molar-refractivity contribution < 1.29 is 14.4 Å². The third-order valence-corrected chi connectivity index (χ3v) is 5.19. The highest BCUT2D eigenvalue weighted by Gasteiger charge is 2.29. The molecule has 9 nitrogen and oxygen atoms in total. The van der Waals surface area contributed by atoms with Gasteiger partial charge in [-0.2, -0.15) is 5.10 Å². The third-order valence-electron chi connectivity index (χ3n) is 5.19. The number of aryl methyl sites for hydroxylation is 1. The summed E-state index contributed by atoms with van der Waals surface area (Å²) in [5.74, 6) is -1.06. The van der Waals surface area contributed by atoms with Crippen molar-refractivity contribution in [2.75, 3.05) is 11.9 Å². The van der Waals surface area contributed by atoms with E-state index in [9.17, 15) is 14.4 Å². The van der Waals surface area contributed by atoms with E-state index >= 15 is 0 Å². The molecule has 2 atom stereocenters. The predicted molar refractivity (Wildman–Crippen MR) is 106 cm³/mol. The van der Waals surface area contributed by atoms with Crippen molar-refractivity contribution in [3.8, 4) is 0 Å². The van der Waals surface area contributed by atoms with Crippen LogP contribution in [-0.4, -0.2) is 45.0 Å². The summed E-state index contributed by atoms with van der Waals surface area (Å²) in [5.41, 5.74) is 2.93. The highest BCUT2D eigenvalue weighted by Crippen LogP contribution is 2.20. The van der Waals surface area contributed by atoms with Gasteiger partial charge in [0.05, 0.1) is 5.69 Å². The van der Waals surface area contributed by atoms with Crippen LogP contribution in [-0.2, 0) is 27.3 Å². The molecule has 4 rings (SSSR count). The zero-order valence-corrected chi connectivity index (χ0v) is 16.4. The summed E-state index contributed by atoms with van der Waals surface area (Å²) in [4.78, 5) is 38.8. The summed E-state index contributed by atoms with van der Waals surface area (Å²) in [6.07, 6.45) is 0.502. The molecule has 1 fully saturated rings. The summed E-state index contributed by atoms with van der Waals surface area (Å²) < 4.78 is 1.49. The van der Waals surface area contributed by atoms with E-state index in [-0.39, 0.29) is 11.9 Å². The standard InChI is InChI=1S/C20H24N6O3/c1-12-10-17(27)23-20(21-12)26-16(9-13(2)24-26)22-18(28)19(29)25-8-7-14-5-3-4-6-15(14)11-25/h3-6,9,12,20-21H,7-8,10-11H2,1-2H3,(H,22,28)(H,23,27). The number of rotatable bonds is 2. The molecule has 0 saturated carbocycles. The number of amides is 3. The molecule has 0 aliphatic carbocycles. The number of hydrogen-bond acceptors (Lipinski definition) is 5. The lowest BCUT2D eigenvalue weighted by Crippen LogP contribution is -2.52. The molecule has 29 heavy (non-hydrogen) atoms. The normalized spacial score (nSPS) is 21.3. The van der Waals surface area contributed by atoms with E-state index in [1.165, 1.54) is 10.2 Å². The summed E-state index contributed by atoms with van der Waals surface area (Å²) in [7, 11) is 0. The van der Waals surface area contributed by atoms with Crippen LogP contribution in [0.4, 0.5) is 5.82 Å². The Morgan fingerprint density at radius 1 is 1.24 bits per heavy atom. The van der Waals surface area contributed by atoms with Crippen molar-refractivity contribution in [3.05, 3.63) is 47.2 Å². The van der Waals surface area contributed by atoms with Gasteiger partial charge in [0.25, 0.3) is 0 Å². The van der Waals surface area contributed by atoms with Gasteiger partial charge in [-0.1, -0.05) is 24.3 Å². The topological polar surface area (TPSA) is 108 Å². The highest BCUT2D eigenvalue weighted by atomic mass is 16.2. The molecule has 2 aromatic rings. The van der Waals surface area contributed by atoms with Gasteiger partial charge in [0.15, 0.2) is 6.29 Å². The minimum Gasteiger partial charge on any atom is -0.330 e. The fourth-order valence-electron chi connectivity index (χ4n) is 3.78. The molecule has 9 heteroatoms. The second kappa shape index (κ2) is 7.67. The Morgan fingerprint density at radius 2 is 2.00 bits per heavy atom. The van der Waals surface area contributed by atoms with Crippen LogP contribution in [0.1, 0.15) is 36.5 Å². The Kier molecular flexibility index (Phi) is 5.06. The number of nitrogens with one attached hydrogen (secondary N) is 3. The SMILES string of the molecule is Cc1cc(NC(=O)C(=O)N2CCc3ccccc3C2)n(C2NC(=O)CC(C)N2)n1. The molecule has 2 unspecified atom stereocenters. The first-order valence-electron chi connectivity index (χ1n) is 9.69. The van der Waals surface area contributed by atoms with Crippen LogP contribution in [0.15, 0.2) is 30.3 Å². The fourth-order valence-corrected chi connectivity index (χ4v) is 3.78. The average molecular weight is 396 g/mol. The van der Waals surface area contributed by atoms with Crippen molar-refractivity contribution in [2.45, 2.75) is 45.6 Å². The largest absolute Gasteiger partial charge is 0.330 e. The Labute approximate surface area is 168 Å².